The normalized spacial score (nSPS) is 7.50. The molecule has 2 N–H and O–H groups in total. The van der Waals surface area contributed by atoms with Crippen LogP contribution in [0.15, 0.2) is 0 Å². The first-order valence-corrected chi connectivity index (χ1v) is 3.01. The molecule has 0 aromatic heterocycles. The highest BCUT2D eigenvalue weighted by molar-refractivity contribution is 6.27. The average molecular weight is 178 g/mol. The van der Waals surface area contributed by atoms with Crippen LogP contribution in [0.5, 0.6) is 0 Å². The lowest BCUT2D eigenvalue weighted by atomic mass is 10.7. The molecule has 0 aromatic carbocycles. The van der Waals surface area contributed by atoms with Gasteiger partial charge in [-0.2, -0.15) is 0 Å². The highest BCUT2D eigenvalue weighted by Crippen LogP contribution is 1.69. The van der Waals surface area contributed by atoms with Crippen molar-refractivity contribution in [1.29, 1.82) is 0 Å². The number of hydrogen-bond acceptors (Lipinski definition) is 4. The van der Waals surface area contributed by atoms with Gasteiger partial charge in [0.1, 0.15) is 0 Å². The van der Waals surface area contributed by atoms with Crippen molar-refractivity contribution in [1.82, 2.24) is 0 Å². The van der Waals surface area contributed by atoms with Crippen molar-refractivity contribution in [3.05, 3.63) is 0 Å². The minimum atomic E-state index is -1.82. The van der Waals surface area contributed by atoms with Gasteiger partial charge in [-0.15, -0.1) is 0 Å². The molecule has 0 atom stereocenters. The number of carbonyl (C=O) groups is 3. The van der Waals surface area contributed by atoms with Crippen molar-refractivity contribution in [2.75, 3.05) is 6.61 Å². The summed E-state index contributed by atoms with van der Waals surface area (Å²) in [5.74, 6) is -3.86. The summed E-state index contributed by atoms with van der Waals surface area (Å²) in [7, 11) is 0. The van der Waals surface area contributed by atoms with E-state index in [1.54, 1.807) is 6.92 Å². The predicted octanol–water partition coefficient (Wildman–Crippen LogP) is -0.275. The van der Waals surface area contributed by atoms with E-state index >= 15 is 0 Å². The average Bonchev–Trinajstić information content (AvgIpc) is 1.87. The molecule has 0 spiro atoms. The van der Waals surface area contributed by atoms with E-state index in [9.17, 15) is 4.79 Å². The summed E-state index contributed by atoms with van der Waals surface area (Å²) in [6.07, 6.45) is 0. The van der Waals surface area contributed by atoms with Crippen LogP contribution in [0.1, 0.15) is 13.8 Å². The monoisotopic (exact) mass is 178 g/mol. The van der Waals surface area contributed by atoms with E-state index in [0.29, 0.717) is 6.61 Å². The first-order chi connectivity index (χ1) is 5.41. The van der Waals surface area contributed by atoms with Gasteiger partial charge >= 0.3 is 17.9 Å². The van der Waals surface area contributed by atoms with E-state index in [2.05, 4.69) is 4.74 Å². The number of rotatable bonds is 1. The SMILES string of the molecule is CCOC(C)=O.O=C(O)C(=O)O. The quantitative estimate of drug-likeness (QED) is 0.423. The lowest BCUT2D eigenvalue weighted by molar-refractivity contribution is -0.159. The third kappa shape index (κ3) is 15.8. The number of carbonyl (C=O) groups excluding carboxylic acids is 1. The number of esters is 1. The van der Waals surface area contributed by atoms with Crippen LogP contribution in [0.4, 0.5) is 0 Å². The molecule has 0 aliphatic carbocycles. The van der Waals surface area contributed by atoms with Crippen molar-refractivity contribution in [3.8, 4) is 0 Å². The molecule has 0 bridgehead atoms. The number of aliphatic carboxylic acids is 2. The van der Waals surface area contributed by atoms with Gasteiger partial charge in [-0.05, 0) is 6.92 Å². The smallest absolute Gasteiger partial charge is 0.414 e. The Balaban J connectivity index is 0. The summed E-state index contributed by atoms with van der Waals surface area (Å²) in [5, 5.41) is 14.8. The fraction of sp³-hybridized carbons (Fsp3) is 0.500. The molecule has 6 nitrogen and oxygen atoms in total. The zero-order valence-corrected chi connectivity index (χ0v) is 6.73. The second kappa shape index (κ2) is 7.52. The van der Waals surface area contributed by atoms with E-state index in [1.807, 2.05) is 0 Å². The van der Waals surface area contributed by atoms with Crippen LogP contribution in [-0.4, -0.2) is 34.7 Å². The van der Waals surface area contributed by atoms with E-state index < -0.39 is 11.9 Å². The molecule has 6 heteroatoms. The Morgan fingerprint density at radius 1 is 1.17 bits per heavy atom. The molecule has 0 heterocycles. The third-order valence-electron chi connectivity index (χ3n) is 0.531. The minimum absolute atomic E-state index is 0.211. The van der Waals surface area contributed by atoms with Gasteiger partial charge in [0.2, 0.25) is 0 Å². The number of hydrogen-bond donors (Lipinski definition) is 2. The van der Waals surface area contributed by atoms with Gasteiger partial charge in [0, 0.05) is 6.92 Å². The topological polar surface area (TPSA) is 101 Å². The molecule has 0 aromatic rings. The zero-order chi connectivity index (χ0) is 10.1. The number of ether oxygens (including phenoxy) is 1. The number of carboxylic acids is 2. The summed E-state index contributed by atoms with van der Waals surface area (Å²) < 4.78 is 4.40. The van der Waals surface area contributed by atoms with Gasteiger partial charge in [-0.1, -0.05) is 0 Å². The molecule has 0 fully saturated rings. The molecule has 0 aliphatic heterocycles. The van der Waals surface area contributed by atoms with Gasteiger partial charge in [-0.3, -0.25) is 4.79 Å². The summed E-state index contributed by atoms with van der Waals surface area (Å²) >= 11 is 0. The highest BCUT2D eigenvalue weighted by atomic mass is 16.5. The maximum atomic E-state index is 9.82. The lowest BCUT2D eigenvalue weighted by Gasteiger charge is -1.89. The second-order valence-corrected chi connectivity index (χ2v) is 1.53. The minimum Gasteiger partial charge on any atom is -0.473 e. The molecule has 0 rings (SSSR count). The van der Waals surface area contributed by atoms with Crippen LogP contribution in [0.3, 0.4) is 0 Å². The van der Waals surface area contributed by atoms with Crippen molar-refractivity contribution >= 4 is 17.9 Å². The standard InChI is InChI=1S/C4H8O2.C2H2O4/c1-3-6-4(2)5;3-1(4)2(5)6/h3H2,1-2H3;(H,3,4)(H,5,6). The maximum Gasteiger partial charge on any atom is 0.414 e. The summed E-state index contributed by atoms with van der Waals surface area (Å²) in [6.45, 7) is 3.65. The van der Waals surface area contributed by atoms with Crippen LogP contribution >= 0.6 is 0 Å². The molecular formula is C6H10O6. The largest absolute Gasteiger partial charge is 0.473 e. The second-order valence-electron chi connectivity index (χ2n) is 1.53. The Bertz CT molecular complexity index is 161. The van der Waals surface area contributed by atoms with Crippen LogP contribution in [0, 0.1) is 0 Å². The van der Waals surface area contributed by atoms with E-state index in [4.69, 9.17) is 19.8 Å². The van der Waals surface area contributed by atoms with Crippen molar-refractivity contribution in [2.45, 2.75) is 13.8 Å². The summed E-state index contributed by atoms with van der Waals surface area (Å²) in [5.41, 5.74) is 0. The molecule has 0 amide bonds. The summed E-state index contributed by atoms with van der Waals surface area (Å²) in [4.78, 5) is 28.0. The Labute approximate surface area is 68.8 Å². The van der Waals surface area contributed by atoms with Gasteiger partial charge in [-0.25, -0.2) is 9.59 Å². The Morgan fingerprint density at radius 2 is 1.50 bits per heavy atom. The van der Waals surface area contributed by atoms with Crippen LogP contribution in [0.2, 0.25) is 0 Å². The van der Waals surface area contributed by atoms with E-state index in [0.717, 1.165) is 0 Å². The van der Waals surface area contributed by atoms with Crippen LogP contribution in [-0.2, 0) is 19.1 Å². The van der Waals surface area contributed by atoms with Crippen LogP contribution < -0.4 is 0 Å². The summed E-state index contributed by atoms with van der Waals surface area (Å²) in [6, 6.07) is 0. The predicted molar refractivity (Wildman–Crippen MR) is 37.6 cm³/mol. The maximum absolute atomic E-state index is 9.82. The van der Waals surface area contributed by atoms with Crippen molar-refractivity contribution in [3.63, 3.8) is 0 Å². The van der Waals surface area contributed by atoms with Crippen molar-refractivity contribution in [2.24, 2.45) is 0 Å². The molecular weight excluding hydrogens is 168 g/mol. The van der Waals surface area contributed by atoms with Crippen LogP contribution in [0.25, 0.3) is 0 Å². The molecule has 0 unspecified atom stereocenters. The molecule has 0 saturated carbocycles. The van der Waals surface area contributed by atoms with E-state index in [-0.39, 0.29) is 5.97 Å². The molecule has 0 radical (unpaired) electrons. The van der Waals surface area contributed by atoms with Gasteiger partial charge in [0.05, 0.1) is 6.61 Å². The zero-order valence-electron chi connectivity index (χ0n) is 6.73. The molecule has 12 heavy (non-hydrogen) atoms. The lowest BCUT2D eigenvalue weighted by Crippen LogP contribution is -2.09. The van der Waals surface area contributed by atoms with Gasteiger partial charge in [0.15, 0.2) is 0 Å². The van der Waals surface area contributed by atoms with Gasteiger partial charge < -0.3 is 14.9 Å². The van der Waals surface area contributed by atoms with Gasteiger partial charge in [0.25, 0.3) is 0 Å². The Hall–Kier alpha value is -1.59. The fourth-order valence-corrected chi connectivity index (χ4v) is 0.203. The third-order valence-corrected chi connectivity index (χ3v) is 0.531. The molecule has 70 valence electrons. The highest BCUT2D eigenvalue weighted by Gasteiger charge is 2.04. The Kier molecular flexibility index (Phi) is 8.16. The van der Waals surface area contributed by atoms with E-state index in [1.165, 1.54) is 6.92 Å². The first-order valence-electron chi connectivity index (χ1n) is 3.01. The fourth-order valence-electron chi connectivity index (χ4n) is 0.203. The molecule has 0 aliphatic rings. The molecule has 0 saturated heterocycles. The Morgan fingerprint density at radius 3 is 1.50 bits per heavy atom. The number of carboxylic acid groups (broad SMARTS) is 2. The van der Waals surface area contributed by atoms with Crippen molar-refractivity contribution < 1.29 is 29.3 Å². The first kappa shape index (κ1) is 13.0.